The molecule has 0 unspecified atom stereocenters. The number of aliphatic hydroxyl groups excluding tert-OH is 4. The molecule has 5 N–H and O–H groups in total. The van der Waals surface area contributed by atoms with E-state index in [4.69, 9.17) is 23.7 Å². The van der Waals surface area contributed by atoms with E-state index in [1.807, 2.05) is 0 Å². The Morgan fingerprint density at radius 1 is 0.791 bits per heavy atom. The lowest BCUT2D eigenvalue weighted by Crippen LogP contribution is -2.60. The zero-order valence-electron chi connectivity index (χ0n) is 22.9. The fourth-order valence-corrected chi connectivity index (χ4v) is 5.85. The van der Waals surface area contributed by atoms with Crippen LogP contribution in [0.1, 0.15) is 27.6 Å². The first-order valence-corrected chi connectivity index (χ1v) is 13.7. The number of carboxylic acids is 1. The van der Waals surface area contributed by atoms with Crippen LogP contribution in [-0.2, 0) is 28.5 Å². The maximum absolute atomic E-state index is 13.2. The molecule has 0 amide bonds. The first-order chi connectivity index (χ1) is 20.6. The number of carboxylic acid groups (broad SMARTS) is 1. The standard InChI is InChI=1S/C30H32O13/c1-14-19-20(17(26(35)36)13-39-29(19)43-30-23(34)22(33)21(32)18(12-31)40-30)25(42-28(38)16-10-6-3-7-11-16)24(14)41-27(37)15-8-4-2-5-9-15/h2-11,13-14,18-25,29-34H,12H2,1H3,(H,35,36)/t14-,18+,19-,20+,21-,22-,23-,24-,25+,29-,30+/m1/s1. The molecule has 2 aromatic rings. The van der Waals surface area contributed by atoms with Crippen LogP contribution in [0.25, 0.3) is 0 Å². The molecule has 11 atom stereocenters. The molecule has 43 heavy (non-hydrogen) atoms. The van der Waals surface area contributed by atoms with Gasteiger partial charge in [0.25, 0.3) is 0 Å². The average Bonchev–Trinajstić information content (AvgIpc) is 3.28. The molecule has 0 bridgehead atoms. The van der Waals surface area contributed by atoms with Gasteiger partial charge in [-0.3, -0.25) is 0 Å². The van der Waals surface area contributed by atoms with Gasteiger partial charge in [-0.1, -0.05) is 43.3 Å². The number of aliphatic hydroxyl groups is 4. The van der Waals surface area contributed by atoms with E-state index in [2.05, 4.69) is 0 Å². The molecule has 0 aromatic heterocycles. The van der Waals surface area contributed by atoms with Crippen LogP contribution in [0.3, 0.4) is 0 Å². The molecule has 3 aliphatic rings. The van der Waals surface area contributed by atoms with Crippen molar-refractivity contribution in [2.45, 2.75) is 56.1 Å². The predicted molar refractivity (Wildman–Crippen MR) is 143 cm³/mol. The highest BCUT2D eigenvalue weighted by molar-refractivity contribution is 5.91. The lowest BCUT2D eigenvalue weighted by molar-refractivity contribution is -0.342. The number of carbonyl (C=O) groups is 3. The minimum Gasteiger partial charge on any atom is -0.478 e. The monoisotopic (exact) mass is 600 g/mol. The van der Waals surface area contributed by atoms with Crippen molar-refractivity contribution in [1.29, 1.82) is 0 Å². The number of aliphatic carboxylic acids is 1. The molecule has 13 nitrogen and oxygen atoms in total. The van der Waals surface area contributed by atoms with Crippen LogP contribution in [0, 0.1) is 17.8 Å². The maximum atomic E-state index is 13.2. The Hall–Kier alpha value is -3.85. The van der Waals surface area contributed by atoms with E-state index in [-0.39, 0.29) is 16.7 Å². The molecule has 1 saturated carbocycles. The first-order valence-electron chi connectivity index (χ1n) is 13.7. The van der Waals surface area contributed by atoms with E-state index >= 15 is 0 Å². The Morgan fingerprint density at radius 3 is 1.88 bits per heavy atom. The second-order valence-electron chi connectivity index (χ2n) is 10.7. The summed E-state index contributed by atoms with van der Waals surface area (Å²) in [5.41, 5.74) is 0.139. The molecular weight excluding hydrogens is 568 g/mol. The highest BCUT2D eigenvalue weighted by atomic mass is 16.8. The number of rotatable bonds is 8. The molecule has 2 heterocycles. The Morgan fingerprint density at radius 2 is 1.35 bits per heavy atom. The third-order valence-corrected chi connectivity index (χ3v) is 8.09. The third kappa shape index (κ3) is 6.00. The van der Waals surface area contributed by atoms with E-state index in [0.29, 0.717) is 0 Å². The molecular formula is C30H32O13. The van der Waals surface area contributed by atoms with Crippen molar-refractivity contribution in [2.75, 3.05) is 6.61 Å². The van der Waals surface area contributed by atoms with Crippen LogP contribution in [0.15, 0.2) is 72.5 Å². The SMILES string of the molecule is C[C@H]1[C@@H](OC(=O)c2ccccc2)[C@@H](OC(=O)c2ccccc2)[C@H]2C(C(=O)O)=CO[C@H](O[C@@H]3O[C@@H](CO)[C@@H](O)[C@@H](O)[C@H]3O)[C@H]12. The number of hydrogen-bond acceptors (Lipinski definition) is 12. The van der Waals surface area contributed by atoms with Crippen molar-refractivity contribution in [3.8, 4) is 0 Å². The number of benzene rings is 2. The number of fused-ring (bicyclic) bond motifs is 1. The summed E-state index contributed by atoms with van der Waals surface area (Å²) in [5, 5.41) is 50.6. The van der Waals surface area contributed by atoms with Gasteiger partial charge in [-0.05, 0) is 24.3 Å². The van der Waals surface area contributed by atoms with Gasteiger partial charge < -0.3 is 49.2 Å². The summed E-state index contributed by atoms with van der Waals surface area (Å²) < 4.78 is 28.8. The molecule has 1 saturated heterocycles. The minimum atomic E-state index is -1.76. The van der Waals surface area contributed by atoms with Crippen molar-refractivity contribution >= 4 is 17.9 Å². The first kappa shape index (κ1) is 30.6. The summed E-state index contributed by atoms with van der Waals surface area (Å²) in [7, 11) is 0. The largest absolute Gasteiger partial charge is 0.478 e. The molecule has 5 rings (SSSR count). The summed E-state index contributed by atoms with van der Waals surface area (Å²) in [6.07, 6.45) is -10.9. The van der Waals surface area contributed by atoms with Gasteiger partial charge in [-0.2, -0.15) is 0 Å². The lowest BCUT2D eigenvalue weighted by Gasteiger charge is -2.43. The van der Waals surface area contributed by atoms with Gasteiger partial charge in [0.2, 0.25) is 6.29 Å². The molecule has 13 heteroatoms. The van der Waals surface area contributed by atoms with Gasteiger partial charge >= 0.3 is 17.9 Å². The van der Waals surface area contributed by atoms with Gasteiger partial charge in [0.15, 0.2) is 6.29 Å². The predicted octanol–water partition coefficient (Wildman–Crippen LogP) is 0.461. The van der Waals surface area contributed by atoms with E-state index in [9.17, 15) is 39.9 Å². The third-order valence-electron chi connectivity index (χ3n) is 8.09. The Balaban J connectivity index is 1.49. The molecule has 2 aromatic carbocycles. The summed E-state index contributed by atoms with van der Waals surface area (Å²) in [4.78, 5) is 38.8. The smallest absolute Gasteiger partial charge is 0.338 e. The van der Waals surface area contributed by atoms with E-state index in [0.717, 1.165) is 6.26 Å². The molecule has 0 radical (unpaired) electrons. The molecule has 230 valence electrons. The second kappa shape index (κ2) is 12.8. The van der Waals surface area contributed by atoms with Gasteiger partial charge in [0.1, 0.15) is 36.6 Å². The lowest BCUT2D eigenvalue weighted by atomic mass is 9.82. The fourth-order valence-electron chi connectivity index (χ4n) is 5.85. The topological polar surface area (TPSA) is 199 Å². The Bertz CT molecular complexity index is 1330. The molecule has 2 fully saturated rings. The van der Waals surface area contributed by atoms with E-state index < -0.39 is 91.5 Å². The zero-order valence-corrected chi connectivity index (χ0v) is 22.9. The minimum absolute atomic E-state index is 0.189. The van der Waals surface area contributed by atoms with Gasteiger partial charge in [0.05, 0.1) is 29.6 Å². The Kier molecular flexibility index (Phi) is 9.11. The van der Waals surface area contributed by atoms with Crippen molar-refractivity contribution in [2.24, 2.45) is 17.8 Å². The summed E-state index contributed by atoms with van der Waals surface area (Å²) in [6.45, 7) is 0.950. The average molecular weight is 601 g/mol. The molecule has 0 spiro atoms. The van der Waals surface area contributed by atoms with Gasteiger partial charge in [0, 0.05) is 17.8 Å². The summed E-state index contributed by atoms with van der Waals surface area (Å²) in [6, 6.07) is 16.1. The van der Waals surface area contributed by atoms with Crippen molar-refractivity contribution in [1.82, 2.24) is 0 Å². The molecule has 2 aliphatic heterocycles. The van der Waals surface area contributed by atoms with Crippen LogP contribution in [0.5, 0.6) is 0 Å². The normalized spacial score (nSPS) is 35.2. The van der Waals surface area contributed by atoms with Crippen LogP contribution in [-0.4, -0.2) is 99.3 Å². The summed E-state index contributed by atoms with van der Waals surface area (Å²) in [5.74, 6) is -5.68. The van der Waals surface area contributed by atoms with Crippen LogP contribution in [0.2, 0.25) is 0 Å². The van der Waals surface area contributed by atoms with E-state index in [1.165, 1.54) is 24.3 Å². The van der Waals surface area contributed by atoms with Crippen molar-refractivity contribution < 1.29 is 63.6 Å². The van der Waals surface area contributed by atoms with Gasteiger partial charge in [-0.15, -0.1) is 0 Å². The fraction of sp³-hybridized carbons (Fsp3) is 0.433. The van der Waals surface area contributed by atoms with Gasteiger partial charge in [-0.25, -0.2) is 14.4 Å². The second-order valence-corrected chi connectivity index (χ2v) is 10.7. The highest BCUT2D eigenvalue weighted by Gasteiger charge is 2.61. The van der Waals surface area contributed by atoms with Crippen molar-refractivity contribution in [3.63, 3.8) is 0 Å². The van der Waals surface area contributed by atoms with Crippen LogP contribution < -0.4 is 0 Å². The van der Waals surface area contributed by atoms with E-state index in [1.54, 1.807) is 43.3 Å². The number of hydrogen-bond donors (Lipinski definition) is 5. The number of carbonyl (C=O) groups excluding carboxylic acids is 2. The maximum Gasteiger partial charge on any atom is 0.338 e. The number of esters is 2. The van der Waals surface area contributed by atoms with Crippen molar-refractivity contribution in [3.05, 3.63) is 83.6 Å². The summed E-state index contributed by atoms with van der Waals surface area (Å²) >= 11 is 0. The quantitative estimate of drug-likeness (QED) is 0.262. The number of ether oxygens (including phenoxy) is 5. The molecule has 1 aliphatic carbocycles. The Labute approximate surface area is 245 Å². The van der Waals surface area contributed by atoms with Crippen LogP contribution in [0.4, 0.5) is 0 Å². The zero-order chi connectivity index (χ0) is 30.8. The highest BCUT2D eigenvalue weighted by Crippen LogP contribution is 2.50. The van der Waals surface area contributed by atoms with Crippen LogP contribution >= 0.6 is 0 Å².